The van der Waals surface area contributed by atoms with E-state index in [0.717, 1.165) is 16.1 Å². The van der Waals surface area contributed by atoms with Gasteiger partial charge < -0.3 is 10.1 Å². The molecule has 2 rings (SSSR count). The molecule has 0 aliphatic carbocycles. The number of carbonyl (C=O) groups excluding carboxylic acids is 1. The molecule has 2 aromatic carbocycles. The normalized spacial score (nSPS) is 12.3. The molecular formula is C18H21ClN2O4S. The Balaban J connectivity index is 2.01. The third-order valence-electron chi connectivity index (χ3n) is 3.82. The first-order chi connectivity index (χ1) is 12.1. The average Bonchev–Trinajstić information content (AvgIpc) is 2.57. The Morgan fingerprint density at radius 2 is 1.81 bits per heavy atom. The summed E-state index contributed by atoms with van der Waals surface area (Å²) in [6, 6.07) is 11.7. The van der Waals surface area contributed by atoms with Gasteiger partial charge >= 0.3 is 0 Å². The summed E-state index contributed by atoms with van der Waals surface area (Å²) < 4.78 is 29.8. The number of nitrogens with zero attached hydrogens (tertiary/aromatic N) is 1. The zero-order valence-electron chi connectivity index (χ0n) is 15.0. The van der Waals surface area contributed by atoms with E-state index in [1.165, 1.54) is 7.05 Å². The Bertz CT molecular complexity index is 898. The fourth-order valence-electron chi connectivity index (χ4n) is 2.10. The number of hydrogen-bond acceptors (Lipinski definition) is 4. The second-order valence-electron chi connectivity index (χ2n) is 5.94. The van der Waals surface area contributed by atoms with Crippen molar-refractivity contribution in [2.75, 3.05) is 22.9 Å². The fourth-order valence-corrected chi connectivity index (χ4v) is 2.78. The Morgan fingerprint density at radius 3 is 2.35 bits per heavy atom. The molecule has 1 N–H and O–H groups in total. The zero-order valence-corrected chi connectivity index (χ0v) is 16.6. The zero-order chi connectivity index (χ0) is 19.5. The van der Waals surface area contributed by atoms with Gasteiger partial charge in [-0.3, -0.25) is 9.10 Å². The van der Waals surface area contributed by atoms with E-state index in [1.54, 1.807) is 43.3 Å². The number of amides is 1. The van der Waals surface area contributed by atoms with Crippen LogP contribution < -0.4 is 14.4 Å². The molecule has 140 valence electrons. The van der Waals surface area contributed by atoms with Crippen LogP contribution >= 0.6 is 11.6 Å². The van der Waals surface area contributed by atoms with E-state index in [4.69, 9.17) is 16.3 Å². The molecule has 0 heterocycles. The van der Waals surface area contributed by atoms with Gasteiger partial charge in [0.25, 0.3) is 5.91 Å². The maximum Gasteiger partial charge on any atom is 0.265 e. The molecule has 1 amide bonds. The minimum absolute atomic E-state index is 0.317. The molecule has 0 aromatic heterocycles. The Labute approximate surface area is 158 Å². The van der Waals surface area contributed by atoms with Crippen LogP contribution in [-0.4, -0.2) is 33.7 Å². The first kappa shape index (κ1) is 20.1. The number of carbonyl (C=O) groups is 1. The Hall–Kier alpha value is -2.25. The number of rotatable bonds is 6. The van der Waals surface area contributed by atoms with Crippen molar-refractivity contribution in [2.24, 2.45) is 0 Å². The van der Waals surface area contributed by atoms with Gasteiger partial charge in [0, 0.05) is 17.8 Å². The van der Waals surface area contributed by atoms with Crippen molar-refractivity contribution in [1.82, 2.24) is 0 Å². The van der Waals surface area contributed by atoms with Crippen LogP contribution in [0.4, 0.5) is 11.4 Å². The van der Waals surface area contributed by atoms with E-state index in [9.17, 15) is 13.2 Å². The summed E-state index contributed by atoms with van der Waals surface area (Å²) in [7, 11) is -1.86. The highest BCUT2D eigenvalue weighted by atomic mass is 35.5. The van der Waals surface area contributed by atoms with Crippen LogP contribution in [0.1, 0.15) is 12.5 Å². The van der Waals surface area contributed by atoms with E-state index < -0.39 is 16.1 Å². The minimum Gasteiger partial charge on any atom is -0.481 e. The van der Waals surface area contributed by atoms with Crippen LogP contribution in [0.15, 0.2) is 42.5 Å². The maximum absolute atomic E-state index is 12.3. The van der Waals surface area contributed by atoms with Gasteiger partial charge in [-0.2, -0.15) is 0 Å². The Morgan fingerprint density at radius 1 is 1.19 bits per heavy atom. The van der Waals surface area contributed by atoms with Crippen molar-refractivity contribution in [3.8, 4) is 5.75 Å². The summed E-state index contributed by atoms with van der Waals surface area (Å²) >= 11 is 6.05. The van der Waals surface area contributed by atoms with Crippen molar-refractivity contribution in [3.63, 3.8) is 0 Å². The summed E-state index contributed by atoms with van der Waals surface area (Å²) in [6.45, 7) is 3.51. The summed E-state index contributed by atoms with van der Waals surface area (Å²) in [5, 5.41) is 3.31. The molecule has 0 spiro atoms. The minimum atomic E-state index is -3.33. The van der Waals surface area contributed by atoms with Crippen LogP contribution in [0.2, 0.25) is 5.02 Å². The number of aryl methyl sites for hydroxylation is 1. The van der Waals surface area contributed by atoms with Gasteiger partial charge in [0.15, 0.2) is 6.10 Å². The number of nitrogens with one attached hydrogen (secondary N) is 1. The lowest BCUT2D eigenvalue weighted by Gasteiger charge is -2.18. The van der Waals surface area contributed by atoms with Crippen molar-refractivity contribution in [3.05, 3.63) is 53.1 Å². The lowest BCUT2D eigenvalue weighted by atomic mass is 10.2. The molecule has 0 fully saturated rings. The van der Waals surface area contributed by atoms with E-state index in [2.05, 4.69) is 5.32 Å². The van der Waals surface area contributed by atoms with Gasteiger partial charge in [-0.05, 0) is 55.8 Å². The summed E-state index contributed by atoms with van der Waals surface area (Å²) in [5.74, 6) is 0.141. The molecule has 8 heteroatoms. The number of hydrogen-bond donors (Lipinski definition) is 1. The largest absolute Gasteiger partial charge is 0.481 e. The second kappa shape index (κ2) is 7.97. The van der Waals surface area contributed by atoms with Crippen molar-refractivity contribution >= 4 is 38.9 Å². The Kier molecular flexibility index (Phi) is 6.15. The van der Waals surface area contributed by atoms with Crippen LogP contribution in [0.3, 0.4) is 0 Å². The van der Waals surface area contributed by atoms with Crippen LogP contribution in [-0.2, 0) is 14.8 Å². The number of benzene rings is 2. The van der Waals surface area contributed by atoms with Crippen LogP contribution in [0, 0.1) is 6.92 Å². The topological polar surface area (TPSA) is 75.7 Å². The smallest absolute Gasteiger partial charge is 0.265 e. The first-order valence-electron chi connectivity index (χ1n) is 7.85. The average molecular weight is 397 g/mol. The number of ether oxygens (including phenoxy) is 1. The molecule has 6 nitrogen and oxygen atoms in total. The van der Waals surface area contributed by atoms with Gasteiger partial charge in [-0.25, -0.2) is 8.42 Å². The van der Waals surface area contributed by atoms with Crippen molar-refractivity contribution < 1.29 is 17.9 Å². The molecule has 0 saturated carbocycles. The lowest BCUT2D eigenvalue weighted by Crippen LogP contribution is -2.30. The predicted octanol–water partition coefficient (Wildman–Crippen LogP) is 3.45. The molecule has 0 aliphatic heterocycles. The fraction of sp³-hybridized carbons (Fsp3) is 0.278. The number of anilines is 2. The molecule has 1 atom stereocenters. The summed E-state index contributed by atoms with van der Waals surface area (Å²) in [6.07, 6.45) is 0.384. The third-order valence-corrected chi connectivity index (χ3v) is 5.43. The monoisotopic (exact) mass is 396 g/mol. The lowest BCUT2D eigenvalue weighted by molar-refractivity contribution is -0.122. The van der Waals surface area contributed by atoms with Gasteiger partial charge in [0.1, 0.15) is 5.75 Å². The highest BCUT2D eigenvalue weighted by molar-refractivity contribution is 7.92. The quantitative estimate of drug-likeness (QED) is 0.811. The standard InChI is InChI=1S/C18H21ClN2O4S/c1-12-5-6-14(11-17(12)19)20-18(22)13(2)25-16-9-7-15(8-10-16)21(3)26(4,23)24/h5-11,13H,1-4H3,(H,20,22)/t13-/m0/s1. The molecule has 0 aliphatic rings. The molecule has 0 unspecified atom stereocenters. The van der Waals surface area contributed by atoms with E-state index in [-0.39, 0.29) is 5.91 Å². The highest BCUT2D eigenvalue weighted by Gasteiger charge is 2.16. The van der Waals surface area contributed by atoms with Crippen molar-refractivity contribution in [1.29, 1.82) is 0 Å². The van der Waals surface area contributed by atoms with Crippen LogP contribution in [0.25, 0.3) is 0 Å². The van der Waals surface area contributed by atoms with Crippen LogP contribution in [0.5, 0.6) is 5.75 Å². The van der Waals surface area contributed by atoms with E-state index in [1.807, 2.05) is 13.0 Å². The highest BCUT2D eigenvalue weighted by Crippen LogP contribution is 2.22. The SMILES string of the molecule is Cc1ccc(NC(=O)[C@H](C)Oc2ccc(N(C)S(C)(=O)=O)cc2)cc1Cl. The van der Waals surface area contributed by atoms with E-state index >= 15 is 0 Å². The molecule has 0 bridgehead atoms. The first-order valence-corrected chi connectivity index (χ1v) is 10.1. The third kappa shape index (κ3) is 5.12. The molecular weight excluding hydrogens is 376 g/mol. The summed E-state index contributed by atoms with van der Waals surface area (Å²) in [4.78, 5) is 12.3. The van der Waals surface area contributed by atoms with Gasteiger partial charge in [-0.1, -0.05) is 17.7 Å². The van der Waals surface area contributed by atoms with E-state index in [0.29, 0.717) is 22.1 Å². The predicted molar refractivity (Wildman–Crippen MR) is 105 cm³/mol. The summed E-state index contributed by atoms with van der Waals surface area (Å²) in [5.41, 5.74) is 2.02. The van der Waals surface area contributed by atoms with Crippen molar-refractivity contribution in [2.45, 2.75) is 20.0 Å². The number of halogens is 1. The van der Waals surface area contributed by atoms with Gasteiger partial charge in [0.2, 0.25) is 10.0 Å². The molecule has 0 saturated heterocycles. The number of sulfonamides is 1. The van der Waals surface area contributed by atoms with Gasteiger partial charge in [-0.15, -0.1) is 0 Å². The second-order valence-corrected chi connectivity index (χ2v) is 8.36. The maximum atomic E-state index is 12.3. The molecule has 0 radical (unpaired) electrons. The van der Waals surface area contributed by atoms with Gasteiger partial charge in [0.05, 0.1) is 11.9 Å². The molecule has 2 aromatic rings. The molecule has 26 heavy (non-hydrogen) atoms.